The van der Waals surface area contributed by atoms with Crippen LogP contribution in [0, 0.1) is 6.92 Å². The number of hydrogen-bond acceptors (Lipinski definition) is 1. The van der Waals surface area contributed by atoms with Crippen LogP contribution in [0.4, 0.5) is 0 Å². The lowest BCUT2D eigenvalue weighted by Crippen LogP contribution is -1.88. The number of fused-ring (bicyclic) bond motifs is 1. The van der Waals surface area contributed by atoms with Crippen molar-refractivity contribution < 1.29 is 0 Å². The number of hydrogen-bond donors (Lipinski definition) is 0. The Bertz CT molecular complexity index is 392. The maximum Gasteiger partial charge on any atom is 0.0994 e. The summed E-state index contributed by atoms with van der Waals surface area (Å²) in [7, 11) is 0. The van der Waals surface area contributed by atoms with Crippen LogP contribution in [-0.4, -0.2) is 9.38 Å². The third kappa shape index (κ3) is 0.959. The van der Waals surface area contributed by atoms with Crippen LogP contribution < -0.4 is 0 Å². The number of rotatable bonds is 0. The normalized spacial score (nSPS) is 10.7. The Hall–Kier alpha value is -0.830. The number of nitrogens with zero attached hydrogens (tertiary/aromatic N) is 2. The van der Waals surface area contributed by atoms with Crippen LogP contribution in [0.2, 0.25) is 0 Å². The molecule has 0 saturated carbocycles. The van der Waals surface area contributed by atoms with E-state index >= 15 is 0 Å². The van der Waals surface area contributed by atoms with Gasteiger partial charge in [-0.2, -0.15) is 0 Å². The van der Waals surface area contributed by atoms with Crippen LogP contribution in [0.1, 0.15) is 5.69 Å². The highest BCUT2D eigenvalue weighted by molar-refractivity contribution is 9.10. The first kappa shape index (κ1) is 6.85. The smallest absolute Gasteiger partial charge is 0.0994 e. The minimum atomic E-state index is 1.11. The standard InChI is InChI=1S/C8H7BrN2/c1-6-8(9)3-2-7-4-10-5-11(6)7/h2-5H,1H3. The van der Waals surface area contributed by atoms with Gasteiger partial charge in [-0.25, -0.2) is 4.98 Å². The van der Waals surface area contributed by atoms with Crippen LogP contribution in [0.5, 0.6) is 0 Å². The molecule has 0 spiro atoms. The molecule has 0 saturated heterocycles. The van der Waals surface area contributed by atoms with Gasteiger partial charge in [-0.05, 0) is 35.0 Å². The molecule has 0 fully saturated rings. The Morgan fingerprint density at radius 1 is 1.45 bits per heavy atom. The van der Waals surface area contributed by atoms with Gasteiger partial charge in [-0.3, -0.25) is 0 Å². The van der Waals surface area contributed by atoms with Gasteiger partial charge in [0, 0.05) is 10.2 Å². The SMILES string of the molecule is Cc1c(Br)ccc2cncn12. The second-order valence-corrected chi connectivity index (χ2v) is 3.31. The molecular weight excluding hydrogens is 204 g/mol. The van der Waals surface area contributed by atoms with Gasteiger partial charge >= 0.3 is 0 Å². The van der Waals surface area contributed by atoms with Gasteiger partial charge < -0.3 is 4.40 Å². The quantitative estimate of drug-likeness (QED) is 0.653. The molecule has 2 nitrogen and oxygen atoms in total. The first-order chi connectivity index (χ1) is 5.29. The number of aromatic nitrogens is 2. The molecule has 0 unspecified atom stereocenters. The summed E-state index contributed by atoms with van der Waals surface area (Å²) in [5, 5.41) is 0. The van der Waals surface area contributed by atoms with Crippen molar-refractivity contribution in [3.8, 4) is 0 Å². The fraction of sp³-hybridized carbons (Fsp3) is 0.125. The first-order valence-corrected chi connectivity index (χ1v) is 4.15. The van der Waals surface area contributed by atoms with E-state index in [-0.39, 0.29) is 0 Å². The predicted octanol–water partition coefficient (Wildman–Crippen LogP) is 2.41. The zero-order valence-corrected chi connectivity index (χ0v) is 7.67. The van der Waals surface area contributed by atoms with E-state index in [1.807, 2.05) is 29.1 Å². The van der Waals surface area contributed by atoms with Crippen LogP contribution >= 0.6 is 15.9 Å². The Kier molecular flexibility index (Phi) is 1.46. The molecule has 3 heteroatoms. The Morgan fingerprint density at radius 3 is 3.09 bits per heavy atom. The Morgan fingerprint density at radius 2 is 2.27 bits per heavy atom. The van der Waals surface area contributed by atoms with Gasteiger partial charge in [0.15, 0.2) is 0 Å². The topological polar surface area (TPSA) is 17.3 Å². The summed E-state index contributed by atoms with van der Waals surface area (Å²) in [6, 6.07) is 4.07. The molecule has 56 valence electrons. The third-order valence-electron chi connectivity index (χ3n) is 1.77. The molecule has 0 amide bonds. The van der Waals surface area contributed by atoms with Crippen molar-refractivity contribution in [3.05, 3.63) is 34.8 Å². The number of imidazole rings is 1. The van der Waals surface area contributed by atoms with Crippen LogP contribution in [0.25, 0.3) is 5.52 Å². The van der Waals surface area contributed by atoms with Crippen LogP contribution in [0.15, 0.2) is 29.1 Å². The molecule has 0 N–H and O–H groups in total. The van der Waals surface area contributed by atoms with Crippen molar-refractivity contribution in [1.82, 2.24) is 9.38 Å². The van der Waals surface area contributed by atoms with Crippen molar-refractivity contribution in [2.45, 2.75) is 6.92 Å². The maximum absolute atomic E-state index is 4.05. The zero-order chi connectivity index (χ0) is 7.84. The highest BCUT2D eigenvalue weighted by Crippen LogP contribution is 2.17. The number of halogens is 1. The predicted molar refractivity (Wildman–Crippen MR) is 47.6 cm³/mol. The molecule has 0 aliphatic rings. The van der Waals surface area contributed by atoms with Crippen molar-refractivity contribution in [1.29, 1.82) is 0 Å². The average molecular weight is 211 g/mol. The highest BCUT2D eigenvalue weighted by Gasteiger charge is 1.98. The summed E-state index contributed by atoms with van der Waals surface area (Å²) < 4.78 is 3.16. The van der Waals surface area contributed by atoms with Gasteiger partial charge in [0.2, 0.25) is 0 Å². The Labute approximate surface area is 73.0 Å². The summed E-state index contributed by atoms with van der Waals surface area (Å²) in [6.45, 7) is 2.05. The van der Waals surface area contributed by atoms with Crippen LogP contribution in [-0.2, 0) is 0 Å². The molecule has 0 atom stereocenters. The van der Waals surface area contributed by atoms with Crippen molar-refractivity contribution in [2.24, 2.45) is 0 Å². The molecular formula is C8H7BrN2. The molecule has 2 heterocycles. The van der Waals surface area contributed by atoms with Crippen molar-refractivity contribution in [3.63, 3.8) is 0 Å². The Balaban J connectivity index is 2.93. The number of aryl methyl sites for hydroxylation is 1. The molecule has 0 aromatic carbocycles. The lowest BCUT2D eigenvalue weighted by atomic mass is 10.3. The fourth-order valence-electron chi connectivity index (χ4n) is 1.10. The molecule has 0 radical (unpaired) electrons. The minimum absolute atomic E-state index is 1.11. The molecule has 0 aliphatic carbocycles. The summed E-state index contributed by atoms with van der Waals surface area (Å²) in [5.74, 6) is 0. The first-order valence-electron chi connectivity index (χ1n) is 3.36. The van der Waals surface area contributed by atoms with E-state index in [0.717, 1.165) is 9.99 Å². The molecule has 0 bridgehead atoms. The monoisotopic (exact) mass is 210 g/mol. The van der Waals surface area contributed by atoms with E-state index in [1.165, 1.54) is 5.69 Å². The second kappa shape index (κ2) is 2.34. The van der Waals surface area contributed by atoms with Crippen LogP contribution in [0.3, 0.4) is 0 Å². The number of pyridine rings is 1. The van der Waals surface area contributed by atoms with Crippen molar-refractivity contribution >= 4 is 21.4 Å². The lowest BCUT2D eigenvalue weighted by Gasteiger charge is -2.00. The fourth-order valence-corrected chi connectivity index (χ4v) is 1.43. The summed E-state index contributed by atoms with van der Waals surface area (Å²) in [4.78, 5) is 4.05. The molecule has 0 aliphatic heterocycles. The van der Waals surface area contributed by atoms with Gasteiger partial charge in [0.05, 0.1) is 18.0 Å². The van der Waals surface area contributed by atoms with Crippen molar-refractivity contribution in [2.75, 3.05) is 0 Å². The van der Waals surface area contributed by atoms with E-state index in [2.05, 4.69) is 27.8 Å². The zero-order valence-electron chi connectivity index (χ0n) is 6.08. The minimum Gasteiger partial charge on any atom is -0.302 e. The van der Waals surface area contributed by atoms with Gasteiger partial charge in [-0.1, -0.05) is 0 Å². The molecule has 11 heavy (non-hydrogen) atoms. The molecule has 2 rings (SSSR count). The van der Waals surface area contributed by atoms with Gasteiger partial charge in [-0.15, -0.1) is 0 Å². The molecule has 2 aromatic heterocycles. The van der Waals surface area contributed by atoms with Gasteiger partial charge in [0.25, 0.3) is 0 Å². The van der Waals surface area contributed by atoms with E-state index in [1.54, 1.807) is 0 Å². The van der Waals surface area contributed by atoms with E-state index < -0.39 is 0 Å². The molecule has 2 aromatic rings. The van der Waals surface area contributed by atoms with E-state index in [0.29, 0.717) is 0 Å². The van der Waals surface area contributed by atoms with Gasteiger partial charge in [0.1, 0.15) is 0 Å². The lowest BCUT2D eigenvalue weighted by molar-refractivity contribution is 1.06. The average Bonchev–Trinajstić information content (AvgIpc) is 2.45. The summed E-state index contributed by atoms with van der Waals surface area (Å²) in [5.41, 5.74) is 2.31. The maximum atomic E-state index is 4.05. The van der Waals surface area contributed by atoms with E-state index in [4.69, 9.17) is 0 Å². The summed E-state index contributed by atoms with van der Waals surface area (Å²) in [6.07, 6.45) is 3.66. The third-order valence-corrected chi connectivity index (χ3v) is 2.61. The second-order valence-electron chi connectivity index (χ2n) is 2.46. The summed E-state index contributed by atoms with van der Waals surface area (Å²) >= 11 is 3.45. The highest BCUT2D eigenvalue weighted by atomic mass is 79.9. The van der Waals surface area contributed by atoms with E-state index in [9.17, 15) is 0 Å². The largest absolute Gasteiger partial charge is 0.302 e.